The van der Waals surface area contributed by atoms with Gasteiger partial charge in [0.1, 0.15) is 0 Å². The molecule has 0 saturated carbocycles. The van der Waals surface area contributed by atoms with E-state index in [1.807, 2.05) is 0 Å². The molecular formula is C15H22ClN3O. The second-order valence-electron chi connectivity index (χ2n) is 5.46. The lowest BCUT2D eigenvalue weighted by molar-refractivity contribution is -0.117. The third kappa shape index (κ3) is 4.12. The van der Waals surface area contributed by atoms with Crippen LogP contribution in [0.1, 0.15) is 26.2 Å². The van der Waals surface area contributed by atoms with Crippen LogP contribution < -0.4 is 11.1 Å². The summed E-state index contributed by atoms with van der Waals surface area (Å²) in [7, 11) is 0. The van der Waals surface area contributed by atoms with Gasteiger partial charge in [-0.3, -0.25) is 9.69 Å². The van der Waals surface area contributed by atoms with Crippen LogP contribution in [0.5, 0.6) is 0 Å². The zero-order valence-electron chi connectivity index (χ0n) is 11.9. The standard InChI is InChI=1S/C15H22ClN3O/c1-2-3-11-6-7-19(9-11)10-15(20)18-12-4-5-13(16)14(17)8-12/h4-5,8,11H,2-3,6-7,9-10,17H2,1H3,(H,18,20). The Balaban J connectivity index is 1.82. The number of rotatable bonds is 5. The molecule has 1 fully saturated rings. The molecule has 1 aromatic rings. The normalized spacial score (nSPS) is 19.2. The Kier molecular flexibility index (Phi) is 5.26. The summed E-state index contributed by atoms with van der Waals surface area (Å²) < 4.78 is 0. The van der Waals surface area contributed by atoms with E-state index >= 15 is 0 Å². The molecule has 110 valence electrons. The summed E-state index contributed by atoms with van der Waals surface area (Å²) >= 11 is 5.85. The summed E-state index contributed by atoms with van der Waals surface area (Å²) in [6.45, 7) is 4.70. The highest BCUT2D eigenvalue weighted by atomic mass is 35.5. The van der Waals surface area contributed by atoms with Gasteiger partial charge in [-0.1, -0.05) is 24.9 Å². The van der Waals surface area contributed by atoms with Crippen LogP contribution in [0.15, 0.2) is 18.2 Å². The summed E-state index contributed by atoms with van der Waals surface area (Å²) in [4.78, 5) is 14.2. The van der Waals surface area contributed by atoms with Gasteiger partial charge in [0, 0.05) is 12.2 Å². The lowest BCUT2D eigenvalue weighted by Gasteiger charge is -2.15. The number of nitrogens with one attached hydrogen (secondary N) is 1. The van der Waals surface area contributed by atoms with Gasteiger partial charge in [0.05, 0.1) is 17.3 Å². The molecule has 4 nitrogen and oxygen atoms in total. The number of hydrogen-bond acceptors (Lipinski definition) is 3. The molecule has 1 amide bonds. The monoisotopic (exact) mass is 295 g/mol. The third-order valence-electron chi connectivity index (χ3n) is 3.71. The first-order valence-corrected chi connectivity index (χ1v) is 7.53. The molecule has 1 unspecified atom stereocenters. The first kappa shape index (κ1) is 15.1. The molecule has 1 atom stereocenters. The summed E-state index contributed by atoms with van der Waals surface area (Å²) in [5.41, 5.74) is 6.89. The molecule has 1 saturated heterocycles. The second-order valence-corrected chi connectivity index (χ2v) is 5.87. The van der Waals surface area contributed by atoms with Crippen molar-refractivity contribution >= 4 is 28.9 Å². The van der Waals surface area contributed by atoms with Gasteiger partial charge in [-0.15, -0.1) is 0 Å². The lowest BCUT2D eigenvalue weighted by Crippen LogP contribution is -2.31. The molecule has 1 aromatic carbocycles. The number of likely N-dealkylation sites (tertiary alicyclic amines) is 1. The molecule has 0 aliphatic carbocycles. The Morgan fingerprint density at radius 2 is 2.35 bits per heavy atom. The van der Waals surface area contributed by atoms with E-state index in [9.17, 15) is 4.79 Å². The fraction of sp³-hybridized carbons (Fsp3) is 0.533. The average Bonchev–Trinajstić information content (AvgIpc) is 2.81. The Labute approximate surface area is 125 Å². The molecule has 0 radical (unpaired) electrons. The number of nitrogens with two attached hydrogens (primary N) is 1. The van der Waals surface area contributed by atoms with Gasteiger partial charge < -0.3 is 11.1 Å². The summed E-state index contributed by atoms with van der Waals surface area (Å²) in [5, 5.41) is 3.37. The Bertz CT molecular complexity index is 478. The zero-order valence-corrected chi connectivity index (χ0v) is 12.6. The van der Waals surface area contributed by atoms with Gasteiger partial charge in [0.2, 0.25) is 5.91 Å². The molecule has 1 aliphatic rings. The smallest absolute Gasteiger partial charge is 0.238 e. The van der Waals surface area contributed by atoms with Crippen LogP contribution in [0.3, 0.4) is 0 Å². The van der Waals surface area contributed by atoms with Gasteiger partial charge in [-0.25, -0.2) is 0 Å². The van der Waals surface area contributed by atoms with E-state index in [-0.39, 0.29) is 5.91 Å². The highest BCUT2D eigenvalue weighted by Crippen LogP contribution is 2.23. The third-order valence-corrected chi connectivity index (χ3v) is 4.06. The largest absolute Gasteiger partial charge is 0.397 e. The number of hydrogen-bond donors (Lipinski definition) is 2. The molecule has 2 rings (SSSR count). The van der Waals surface area contributed by atoms with Gasteiger partial charge in [0.25, 0.3) is 0 Å². The van der Waals surface area contributed by atoms with Crippen LogP contribution in [-0.2, 0) is 4.79 Å². The minimum Gasteiger partial charge on any atom is -0.397 e. The molecule has 0 spiro atoms. The Morgan fingerprint density at radius 3 is 3.05 bits per heavy atom. The number of halogens is 1. The summed E-state index contributed by atoms with van der Waals surface area (Å²) in [6.07, 6.45) is 3.68. The number of amides is 1. The van der Waals surface area contributed by atoms with Crippen molar-refractivity contribution in [1.29, 1.82) is 0 Å². The molecule has 0 aromatic heterocycles. The van der Waals surface area contributed by atoms with Gasteiger partial charge in [0.15, 0.2) is 0 Å². The van der Waals surface area contributed by atoms with E-state index in [2.05, 4.69) is 17.1 Å². The summed E-state index contributed by atoms with van der Waals surface area (Å²) in [5.74, 6) is 0.753. The van der Waals surface area contributed by atoms with Crippen molar-refractivity contribution in [3.63, 3.8) is 0 Å². The molecule has 1 heterocycles. The van der Waals surface area contributed by atoms with E-state index in [0.717, 1.165) is 19.0 Å². The van der Waals surface area contributed by atoms with E-state index in [0.29, 0.717) is 22.9 Å². The predicted octanol–water partition coefficient (Wildman–Crippen LogP) is 2.98. The lowest BCUT2D eigenvalue weighted by atomic mass is 10.0. The Hall–Kier alpha value is -1.26. The van der Waals surface area contributed by atoms with Crippen LogP contribution in [-0.4, -0.2) is 30.4 Å². The number of carbonyl (C=O) groups is 1. The van der Waals surface area contributed by atoms with E-state index in [4.69, 9.17) is 17.3 Å². The molecule has 0 bridgehead atoms. The number of nitrogens with zero attached hydrogens (tertiary/aromatic N) is 1. The minimum absolute atomic E-state index is 0.00358. The molecule has 3 N–H and O–H groups in total. The van der Waals surface area contributed by atoms with Crippen LogP contribution in [0.25, 0.3) is 0 Å². The van der Waals surface area contributed by atoms with Gasteiger partial charge in [-0.2, -0.15) is 0 Å². The minimum atomic E-state index is 0.00358. The first-order valence-electron chi connectivity index (χ1n) is 7.15. The maximum absolute atomic E-state index is 12.0. The van der Waals surface area contributed by atoms with Gasteiger partial charge >= 0.3 is 0 Å². The maximum Gasteiger partial charge on any atom is 0.238 e. The van der Waals surface area contributed by atoms with Gasteiger partial charge in [-0.05, 0) is 43.5 Å². The average molecular weight is 296 g/mol. The number of nitrogen functional groups attached to an aromatic ring is 1. The molecule has 5 heteroatoms. The molecular weight excluding hydrogens is 274 g/mol. The van der Waals surface area contributed by atoms with Crippen molar-refractivity contribution in [1.82, 2.24) is 4.90 Å². The van der Waals surface area contributed by atoms with Crippen LogP contribution >= 0.6 is 11.6 Å². The highest BCUT2D eigenvalue weighted by molar-refractivity contribution is 6.33. The highest BCUT2D eigenvalue weighted by Gasteiger charge is 2.23. The van der Waals surface area contributed by atoms with Crippen molar-refractivity contribution in [2.75, 3.05) is 30.7 Å². The van der Waals surface area contributed by atoms with Crippen molar-refractivity contribution in [3.8, 4) is 0 Å². The van der Waals surface area contributed by atoms with Crippen LogP contribution in [0, 0.1) is 5.92 Å². The van der Waals surface area contributed by atoms with E-state index < -0.39 is 0 Å². The van der Waals surface area contributed by atoms with E-state index in [1.54, 1.807) is 18.2 Å². The molecule has 1 aliphatic heterocycles. The topological polar surface area (TPSA) is 58.4 Å². The summed E-state index contributed by atoms with van der Waals surface area (Å²) in [6, 6.07) is 5.14. The van der Waals surface area contributed by atoms with Crippen LogP contribution in [0.4, 0.5) is 11.4 Å². The van der Waals surface area contributed by atoms with Crippen molar-refractivity contribution < 1.29 is 4.79 Å². The van der Waals surface area contributed by atoms with Crippen LogP contribution in [0.2, 0.25) is 5.02 Å². The number of anilines is 2. The van der Waals surface area contributed by atoms with E-state index in [1.165, 1.54) is 19.3 Å². The maximum atomic E-state index is 12.0. The second kappa shape index (κ2) is 6.95. The number of benzene rings is 1. The SMILES string of the molecule is CCCC1CCN(CC(=O)Nc2ccc(Cl)c(N)c2)C1. The zero-order chi connectivity index (χ0) is 14.5. The van der Waals surface area contributed by atoms with Crippen molar-refractivity contribution in [2.45, 2.75) is 26.2 Å². The van der Waals surface area contributed by atoms with Crippen molar-refractivity contribution in [3.05, 3.63) is 23.2 Å². The fourth-order valence-electron chi connectivity index (χ4n) is 2.73. The predicted molar refractivity (Wildman–Crippen MR) is 83.9 cm³/mol. The first-order chi connectivity index (χ1) is 9.58. The fourth-order valence-corrected chi connectivity index (χ4v) is 2.84. The van der Waals surface area contributed by atoms with Crippen molar-refractivity contribution in [2.24, 2.45) is 5.92 Å². The molecule has 20 heavy (non-hydrogen) atoms. The Morgan fingerprint density at radius 1 is 1.55 bits per heavy atom. The quantitative estimate of drug-likeness (QED) is 0.821. The number of carbonyl (C=O) groups excluding carboxylic acids is 1.